The van der Waals surface area contributed by atoms with Gasteiger partial charge in [0.1, 0.15) is 11.6 Å². The van der Waals surface area contributed by atoms with Crippen LogP contribution in [-0.2, 0) is 6.61 Å². The molecule has 0 aliphatic carbocycles. The highest BCUT2D eigenvalue weighted by atomic mass is 35.5. The molecule has 3 rings (SSSR count). The first-order chi connectivity index (χ1) is 14.3. The predicted octanol–water partition coefficient (Wildman–Crippen LogP) is 4.30. The highest BCUT2D eigenvalue weighted by Crippen LogP contribution is 2.26. The lowest BCUT2D eigenvalue weighted by Gasteiger charge is -2.12. The molecule has 0 bridgehead atoms. The summed E-state index contributed by atoms with van der Waals surface area (Å²) in [7, 11) is 0. The molecule has 0 spiro atoms. The first-order valence-electron chi connectivity index (χ1n) is 8.45. The van der Waals surface area contributed by atoms with Crippen molar-refractivity contribution in [2.45, 2.75) is 12.8 Å². The van der Waals surface area contributed by atoms with Gasteiger partial charge in [0.2, 0.25) is 5.88 Å². The Kier molecular flexibility index (Phi) is 6.68. The van der Waals surface area contributed by atoms with Crippen LogP contribution in [0.2, 0.25) is 5.02 Å². The smallest absolute Gasteiger partial charge is 0.422 e. The van der Waals surface area contributed by atoms with Crippen molar-refractivity contribution in [2.24, 2.45) is 0 Å². The molecule has 0 aliphatic heterocycles. The number of carbonyl (C=O) groups excluding carboxylic acids is 1. The number of alkyl halides is 3. The summed E-state index contributed by atoms with van der Waals surface area (Å²) in [5.74, 6) is -0.569. The molecule has 1 amide bonds. The van der Waals surface area contributed by atoms with Crippen LogP contribution in [0.15, 0.2) is 55.1 Å². The summed E-state index contributed by atoms with van der Waals surface area (Å²) in [5.41, 5.74) is 0.877. The number of anilines is 1. The van der Waals surface area contributed by atoms with E-state index in [1.54, 1.807) is 36.7 Å². The van der Waals surface area contributed by atoms with Crippen LogP contribution in [0.4, 0.5) is 19.0 Å². The van der Waals surface area contributed by atoms with Crippen LogP contribution in [-0.4, -0.2) is 33.6 Å². The van der Waals surface area contributed by atoms with Crippen LogP contribution < -0.4 is 14.8 Å². The van der Waals surface area contributed by atoms with Crippen molar-refractivity contribution in [1.29, 1.82) is 0 Å². The van der Waals surface area contributed by atoms with Crippen molar-refractivity contribution in [3.8, 4) is 11.6 Å². The average Bonchev–Trinajstić information content (AvgIpc) is 2.72. The maximum atomic E-state index is 12.5. The molecular weight excluding hydrogens is 425 g/mol. The Balaban J connectivity index is 1.68. The van der Waals surface area contributed by atoms with E-state index in [4.69, 9.17) is 16.3 Å². The highest BCUT2D eigenvalue weighted by Gasteiger charge is 2.29. The molecule has 3 heterocycles. The molecule has 0 unspecified atom stereocenters. The Hall–Kier alpha value is -3.40. The van der Waals surface area contributed by atoms with Crippen molar-refractivity contribution < 1.29 is 27.4 Å². The van der Waals surface area contributed by atoms with E-state index in [1.807, 2.05) is 0 Å². The topological polar surface area (TPSA) is 86.2 Å². The van der Waals surface area contributed by atoms with E-state index < -0.39 is 24.6 Å². The lowest BCUT2D eigenvalue weighted by Crippen LogP contribution is -2.20. The largest absolute Gasteiger partial charge is 0.485 e. The second-order valence-corrected chi connectivity index (χ2v) is 6.27. The zero-order valence-corrected chi connectivity index (χ0v) is 15.9. The highest BCUT2D eigenvalue weighted by molar-refractivity contribution is 6.32. The van der Waals surface area contributed by atoms with Gasteiger partial charge in [-0.2, -0.15) is 13.2 Å². The van der Waals surface area contributed by atoms with Crippen LogP contribution >= 0.6 is 11.6 Å². The maximum absolute atomic E-state index is 12.5. The van der Waals surface area contributed by atoms with E-state index in [1.165, 1.54) is 6.20 Å². The molecular formula is C19H14ClF3N4O3. The summed E-state index contributed by atoms with van der Waals surface area (Å²) in [6.45, 7) is -1.31. The monoisotopic (exact) mass is 438 g/mol. The number of ether oxygens (including phenoxy) is 2. The van der Waals surface area contributed by atoms with Crippen molar-refractivity contribution in [2.75, 3.05) is 11.9 Å². The molecule has 1 N–H and O–H groups in total. The first kappa shape index (κ1) is 21.3. The zero-order valence-electron chi connectivity index (χ0n) is 15.2. The minimum atomic E-state index is -4.54. The third kappa shape index (κ3) is 6.05. The fourth-order valence-electron chi connectivity index (χ4n) is 2.23. The van der Waals surface area contributed by atoms with E-state index in [9.17, 15) is 18.0 Å². The van der Waals surface area contributed by atoms with Crippen LogP contribution in [0, 0.1) is 0 Å². The standard InChI is InChI=1S/C19H14ClF3N4O3/c20-14-8-13(9-26-18(14)30-11-19(21,22)23)17(28)27-16-15(2-1-5-25-16)29-10-12-3-6-24-7-4-12/h1-9H,10-11H2,(H,25,27,28). The summed E-state index contributed by atoms with van der Waals surface area (Å²) in [4.78, 5) is 24.2. The van der Waals surface area contributed by atoms with Crippen LogP contribution in [0.3, 0.4) is 0 Å². The lowest BCUT2D eigenvalue weighted by atomic mass is 10.2. The number of nitrogens with zero attached hydrogens (tertiary/aromatic N) is 3. The molecule has 7 nitrogen and oxygen atoms in total. The number of rotatable bonds is 7. The minimum Gasteiger partial charge on any atom is -0.485 e. The summed E-state index contributed by atoms with van der Waals surface area (Å²) in [6, 6.07) is 7.98. The molecule has 156 valence electrons. The second-order valence-electron chi connectivity index (χ2n) is 5.86. The SMILES string of the molecule is O=C(Nc1ncccc1OCc1ccncc1)c1cnc(OCC(F)(F)F)c(Cl)c1. The third-order valence-corrected chi connectivity index (χ3v) is 3.86. The Morgan fingerprint density at radius 3 is 2.57 bits per heavy atom. The van der Waals surface area contributed by atoms with Crippen molar-refractivity contribution in [3.63, 3.8) is 0 Å². The number of aromatic nitrogens is 3. The molecule has 11 heteroatoms. The number of hydrogen-bond donors (Lipinski definition) is 1. The fraction of sp³-hybridized carbons (Fsp3) is 0.158. The molecule has 0 aliphatic rings. The summed E-state index contributed by atoms with van der Waals surface area (Å²) >= 11 is 5.87. The maximum Gasteiger partial charge on any atom is 0.422 e. The van der Waals surface area contributed by atoms with Gasteiger partial charge in [-0.25, -0.2) is 9.97 Å². The molecule has 3 aromatic rings. The van der Waals surface area contributed by atoms with Gasteiger partial charge in [-0.15, -0.1) is 0 Å². The van der Waals surface area contributed by atoms with Crippen LogP contribution in [0.25, 0.3) is 0 Å². The molecule has 3 aromatic heterocycles. The van der Waals surface area contributed by atoms with E-state index in [-0.39, 0.29) is 23.0 Å². The summed E-state index contributed by atoms with van der Waals surface area (Å²) in [5, 5.41) is 2.32. The number of nitrogens with one attached hydrogen (secondary N) is 1. The number of amides is 1. The minimum absolute atomic E-state index is 0.00472. The number of halogens is 4. The van der Waals surface area contributed by atoms with Gasteiger partial charge in [0.25, 0.3) is 5.91 Å². The molecule has 0 saturated carbocycles. The van der Waals surface area contributed by atoms with Crippen molar-refractivity contribution >= 4 is 23.3 Å². The van der Waals surface area contributed by atoms with Gasteiger partial charge < -0.3 is 14.8 Å². The van der Waals surface area contributed by atoms with Crippen molar-refractivity contribution in [3.05, 3.63) is 71.3 Å². The number of carbonyl (C=O) groups is 1. The van der Waals surface area contributed by atoms with Gasteiger partial charge in [-0.1, -0.05) is 11.6 Å². The van der Waals surface area contributed by atoms with E-state index in [0.29, 0.717) is 5.75 Å². The Labute approximate surface area is 173 Å². The van der Waals surface area contributed by atoms with Gasteiger partial charge in [0, 0.05) is 24.8 Å². The summed E-state index contributed by atoms with van der Waals surface area (Å²) < 4.78 is 47.0. The predicted molar refractivity (Wildman–Crippen MR) is 102 cm³/mol. The quantitative estimate of drug-likeness (QED) is 0.592. The number of hydrogen-bond acceptors (Lipinski definition) is 6. The van der Waals surface area contributed by atoms with Crippen molar-refractivity contribution in [1.82, 2.24) is 15.0 Å². The normalized spacial score (nSPS) is 11.1. The Morgan fingerprint density at radius 1 is 1.10 bits per heavy atom. The molecule has 0 aromatic carbocycles. The second kappa shape index (κ2) is 9.40. The molecule has 0 atom stereocenters. The molecule has 0 saturated heterocycles. The van der Waals surface area contributed by atoms with Gasteiger partial charge in [-0.3, -0.25) is 9.78 Å². The van der Waals surface area contributed by atoms with Gasteiger partial charge >= 0.3 is 6.18 Å². The van der Waals surface area contributed by atoms with E-state index in [2.05, 4.69) is 25.0 Å². The zero-order chi connectivity index (χ0) is 21.6. The van der Waals surface area contributed by atoms with Crippen LogP contribution in [0.5, 0.6) is 11.6 Å². The third-order valence-electron chi connectivity index (χ3n) is 3.59. The molecule has 0 fully saturated rings. The first-order valence-corrected chi connectivity index (χ1v) is 8.83. The van der Waals surface area contributed by atoms with E-state index >= 15 is 0 Å². The van der Waals surface area contributed by atoms with E-state index in [0.717, 1.165) is 17.8 Å². The molecule has 30 heavy (non-hydrogen) atoms. The van der Waals surface area contributed by atoms with Gasteiger partial charge in [0.05, 0.1) is 5.56 Å². The van der Waals surface area contributed by atoms with Crippen LogP contribution in [0.1, 0.15) is 15.9 Å². The average molecular weight is 439 g/mol. The van der Waals surface area contributed by atoms with Gasteiger partial charge in [-0.05, 0) is 35.9 Å². The Morgan fingerprint density at radius 2 is 1.87 bits per heavy atom. The van der Waals surface area contributed by atoms with Gasteiger partial charge in [0.15, 0.2) is 18.2 Å². The lowest BCUT2D eigenvalue weighted by molar-refractivity contribution is -0.154. The fourth-order valence-corrected chi connectivity index (χ4v) is 2.45. The molecule has 0 radical (unpaired) electrons. The summed E-state index contributed by atoms with van der Waals surface area (Å²) in [6.07, 6.45) is 1.24. The Bertz CT molecular complexity index is 1020. The number of pyridine rings is 3.